The van der Waals surface area contributed by atoms with Crippen molar-refractivity contribution in [2.24, 2.45) is 0 Å². The summed E-state index contributed by atoms with van der Waals surface area (Å²) in [5.74, 6) is 0. The lowest BCUT2D eigenvalue weighted by molar-refractivity contribution is 0.768. The van der Waals surface area contributed by atoms with Gasteiger partial charge in [0.15, 0.2) is 0 Å². The molecule has 0 heterocycles. The predicted molar refractivity (Wildman–Crippen MR) is 295 cm³/mol. The molecule has 1 aliphatic rings. The maximum absolute atomic E-state index is 2.49. The molecule has 12 aromatic rings. The third kappa shape index (κ3) is 6.86. The van der Waals surface area contributed by atoms with Crippen molar-refractivity contribution in [2.45, 2.75) is 5.41 Å². The number of hydrogen-bond acceptors (Lipinski definition) is 1. The summed E-state index contributed by atoms with van der Waals surface area (Å²) >= 11 is 0. The van der Waals surface area contributed by atoms with Gasteiger partial charge < -0.3 is 4.90 Å². The van der Waals surface area contributed by atoms with Gasteiger partial charge in [0.1, 0.15) is 0 Å². The van der Waals surface area contributed by atoms with Crippen LogP contribution in [0.4, 0.5) is 17.1 Å². The highest BCUT2D eigenvalue weighted by Gasteiger charge is 2.47. The number of fused-ring (bicyclic) bond motifs is 5. The van der Waals surface area contributed by atoms with Gasteiger partial charge in [0.25, 0.3) is 0 Å². The van der Waals surface area contributed by atoms with Crippen LogP contribution in [0.2, 0.25) is 0 Å². The lowest BCUT2D eigenvalue weighted by atomic mass is 9.68. The van der Waals surface area contributed by atoms with E-state index < -0.39 is 5.41 Å². The SMILES string of the molecule is c1ccc(C2(c3ccccc3)c3ccccc3-c3c(N(c4cccc(-c5ccc(-c6cccc7ccccc67)cc5)c4)c4cccc(-c5ccc(-c6cccc7ccccc67)cc5)c4)cccc32)cc1. The molecule has 0 saturated heterocycles. The molecular formula is C69H47N. The fourth-order valence-electron chi connectivity index (χ4n) is 11.4. The minimum atomic E-state index is -0.530. The largest absolute Gasteiger partial charge is 0.310 e. The first kappa shape index (κ1) is 41.2. The quantitative estimate of drug-likeness (QED) is 0.140. The first-order valence-corrected chi connectivity index (χ1v) is 24.2. The van der Waals surface area contributed by atoms with E-state index in [-0.39, 0.29) is 0 Å². The highest BCUT2D eigenvalue weighted by atomic mass is 15.1. The molecule has 1 nitrogen and oxygen atoms in total. The third-order valence-electron chi connectivity index (χ3n) is 14.5. The van der Waals surface area contributed by atoms with Crippen LogP contribution in [0, 0.1) is 0 Å². The van der Waals surface area contributed by atoms with Gasteiger partial charge >= 0.3 is 0 Å². The van der Waals surface area contributed by atoms with Gasteiger partial charge in [-0.2, -0.15) is 0 Å². The normalized spacial score (nSPS) is 12.4. The topological polar surface area (TPSA) is 3.24 Å². The summed E-state index contributed by atoms with van der Waals surface area (Å²) in [5, 5.41) is 5.02. The van der Waals surface area contributed by atoms with Crippen molar-refractivity contribution < 1.29 is 0 Å². The lowest BCUT2D eigenvalue weighted by Crippen LogP contribution is -2.28. The maximum Gasteiger partial charge on any atom is 0.0714 e. The van der Waals surface area contributed by atoms with Crippen LogP contribution in [-0.4, -0.2) is 0 Å². The van der Waals surface area contributed by atoms with E-state index in [1.165, 1.54) is 88.3 Å². The number of rotatable bonds is 9. The molecule has 70 heavy (non-hydrogen) atoms. The first-order chi connectivity index (χ1) is 34.7. The number of hydrogen-bond donors (Lipinski definition) is 0. The highest BCUT2D eigenvalue weighted by molar-refractivity contribution is 6.00. The van der Waals surface area contributed by atoms with E-state index in [4.69, 9.17) is 0 Å². The summed E-state index contributed by atoms with van der Waals surface area (Å²) in [6.07, 6.45) is 0. The molecule has 0 aromatic heterocycles. The molecule has 12 aromatic carbocycles. The van der Waals surface area contributed by atoms with Crippen LogP contribution < -0.4 is 4.90 Å². The van der Waals surface area contributed by atoms with Gasteiger partial charge in [-0.1, -0.05) is 255 Å². The molecule has 328 valence electrons. The van der Waals surface area contributed by atoms with Crippen molar-refractivity contribution in [3.8, 4) is 55.6 Å². The molecule has 0 N–H and O–H groups in total. The zero-order chi connectivity index (χ0) is 46.4. The van der Waals surface area contributed by atoms with Crippen molar-refractivity contribution >= 4 is 38.6 Å². The van der Waals surface area contributed by atoms with Gasteiger partial charge in [0.2, 0.25) is 0 Å². The Hall–Kier alpha value is -9.04. The van der Waals surface area contributed by atoms with Crippen molar-refractivity contribution in [2.75, 3.05) is 4.90 Å². The number of benzene rings is 12. The Labute approximate surface area is 409 Å². The van der Waals surface area contributed by atoms with E-state index in [0.29, 0.717) is 0 Å². The van der Waals surface area contributed by atoms with E-state index in [1.807, 2.05) is 0 Å². The Balaban J connectivity index is 0.980. The van der Waals surface area contributed by atoms with Gasteiger partial charge in [-0.25, -0.2) is 0 Å². The van der Waals surface area contributed by atoms with Crippen molar-refractivity contribution in [1.29, 1.82) is 0 Å². The van der Waals surface area contributed by atoms with E-state index in [9.17, 15) is 0 Å². The molecule has 0 atom stereocenters. The van der Waals surface area contributed by atoms with E-state index >= 15 is 0 Å². The first-order valence-electron chi connectivity index (χ1n) is 24.2. The van der Waals surface area contributed by atoms with Crippen LogP contribution >= 0.6 is 0 Å². The average molecular weight is 890 g/mol. The molecule has 1 heteroatoms. The summed E-state index contributed by atoms with van der Waals surface area (Å²) in [6, 6.07) is 105. The van der Waals surface area contributed by atoms with Gasteiger partial charge in [-0.15, -0.1) is 0 Å². The van der Waals surface area contributed by atoms with Gasteiger partial charge in [0.05, 0.1) is 11.1 Å². The molecule has 0 bridgehead atoms. The van der Waals surface area contributed by atoms with Crippen LogP contribution in [0.1, 0.15) is 22.3 Å². The van der Waals surface area contributed by atoms with Crippen LogP contribution in [0.25, 0.3) is 77.2 Å². The average Bonchev–Trinajstić information content (AvgIpc) is 3.75. The zero-order valence-corrected chi connectivity index (χ0v) is 38.6. The van der Waals surface area contributed by atoms with E-state index in [1.54, 1.807) is 0 Å². The predicted octanol–water partition coefficient (Wildman–Crippen LogP) is 18.5. The van der Waals surface area contributed by atoms with Gasteiger partial charge in [0, 0.05) is 16.9 Å². The fourth-order valence-corrected chi connectivity index (χ4v) is 11.4. The van der Waals surface area contributed by atoms with Crippen molar-refractivity contribution in [3.63, 3.8) is 0 Å². The van der Waals surface area contributed by atoms with Crippen LogP contribution in [-0.2, 0) is 5.41 Å². The second-order valence-corrected chi connectivity index (χ2v) is 18.4. The zero-order valence-electron chi connectivity index (χ0n) is 38.6. The molecule has 0 saturated carbocycles. The lowest BCUT2D eigenvalue weighted by Gasteiger charge is -2.34. The van der Waals surface area contributed by atoms with Crippen molar-refractivity contribution in [1.82, 2.24) is 0 Å². The fraction of sp³-hybridized carbons (Fsp3) is 0.0145. The minimum Gasteiger partial charge on any atom is -0.310 e. The monoisotopic (exact) mass is 889 g/mol. The second kappa shape index (κ2) is 17.2. The van der Waals surface area contributed by atoms with Crippen LogP contribution in [0.5, 0.6) is 0 Å². The van der Waals surface area contributed by atoms with E-state index in [2.05, 4.69) is 290 Å². The molecule has 0 unspecified atom stereocenters. The van der Waals surface area contributed by atoms with E-state index in [0.717, 1.165) is 28.2 Å². The standard InChI is InChI=1S/C69H47N/c1-3-24-56(25-4-1)69(57-26-5-2-6-27-57)65-35-12-11-32-64(65)68-66(69)36-17-37-67(68)70(58-28-13-22-54(46-58)48-38-42-52(43-39-48)62-33-15-20-50-18-7-9-30-60(50)62)59-29-14-23-55(47-59)49-40-44-53(45-41-49)63-34-16-21-51-19-8-10-31-61(51)63/h1-47H. The Morgan fingerprint density at radius 1 is 0.257 bits per heavy atom. The summed E-state index contributed by atoms with van der Waals surface area (Å²) in [4.78, 5) is 2.49. The van der Waals surface area contributed by atoms with Gasteiger partial charge in [-0.3, -0.25) is 0 Å². The third-order valence-corrected chi connectivity index (χ3v) is 14.5. The Kier molecular flexibility index (Phi) is 10.1. The minimum absolute atomic E-state index is 0.530. The van der Waals surface area contributed by atoms with Crippen molar-refractivity contribution in [3.05, 3.63) is 307 Å². The Bertz CT molecular complexity index is 3650. The Morgan fingerprint density at radius 2 is 0.657 bits per heavy atom. The summed E-state index contributed by atoms with van der Waals surface area (Å²) in [7, 11) is 0. The molecule has 0 radical (unpaired) electrons. The van der Waals surface area contributed by atoms with Crippen LogP contribution in [0.15, 0.2) is 285 Å². The molecule has 1 aliphatic carbocycles. The molecule has 0 fully saturated rings. The molecule has 0 spiro atoms. The number of nitrogens with zero attached hydrogens (tertiary/aromatic N) is 1. The van der Waals surface area contributed by atoms with Gasteiger partial charge in [-0.05, 0) is 124 Å². The maximum atomic E-state index is 2.49. The summed E-state index contributed by atoms with van der Waals surface area (Å²) in [5.41, 5.74) is 19.9. The Morgan fingerprint density at radius 3 is 1.20 bits per heavy atom. The highest BCUT2D eigenvalue weighted by Crippen LogP contribution is 2.59. The molecule has 0 amide bonds. The second-order valence-electron chi connectivity index (χ2n) is 18.4. The molecule has 13 rings (SSSR count). The molecular weight excluding hydrogens is 843 g/mol. The molecule has 0 aliphatic heterocycles. The summed E-state index contributed by atoms with van der Waals surface area (Å²) in [6.45, 7) is 0. The van der Waals surface area contributed by atoms with Crippen LogP contribution in [0.3, 0.4) is 0 Å². The number of anilines is 3. The summed E-state index contributed by atoms with van der Waals surface area (Å²) < 4.78 is 0. The smallest absolute Gasteiger partial charge is 0.0714 e.